The van der Waals surface area contributed by atoms with Crippen LogP contribution in [-0.4, -0.2) is 45.7 Å². The summed E-state index contributed by atoms with van der Waals surface area (Å²) in [6, 6.07) is 5.22. The van der Waals surface area contributed by atoms with E-state index in [1.807, 2.05) is 4.52 Å². The van der Waals surface area contributed by atoms with Gasteiger partial charge in [-0.05, 0) is 31.6 Å². The number of aromatic nitrogens is 3. The Morgan fingerprint density at radius 1 is 1.12 bits per heavy atom. The third-order valence-corrected chi connectivity index (χ3v) is 6.66. The maximum absolute atomic E-state index is 11.6. The van der Waals surface area contributed by atoms with E-state index < -0.39 is 0 Å². The van der Waals surface area contributed by atoms with E-state index in [0.717, 1.165) is 48.9 Å². The molecule has 2 aromatic heterocycles. The van der Waals surface area contributed by atoms with E-state index in [9.17, 15) is 4.79 Å². The molecule has 4 aliphatic rings. The fourth-order valence-electron chi connectivity index (χ4n) is 5.50. The van der Waals surface area contributed by atoms with Gasteiger partial charge in [0.05, 0.1) is 31.0 Å². The van der Waals surface area contributed by atoms with E-state index in [0.29, 0.717) is 35.6 Å². The second-order valence-corrected chi connectivity index (χ2v) is 8.23. The molecule has 2 aliphatic carbocycles. The number of aryl methyl sites for hydroxylation is 1. The molecule has 6 nitrogen and oxygen atoms in total. The fourth-order valence-corrected chi connectivity index (χ4v) is 5.50. The van der Waals surface area contributed by atoms with Crippen LogP contribution in [0.2, 0.25) is 0 Å². The van der Waals surface area contributed by atoms with Crippen LogP contribution in [0.3, 0.4) is 0 Å². The highest BCUT2D eigenvalue weighted by atomic mass is 16.5. The van der Waals surface area contributed by atoms with Crippen LogP contribution in [-0.2, 0) is 9.53 Å². The zero-order valence-corrected chi connectivity index (χ0v) is 14.4. The van der Waals surface area contributed by atoms with Gasteiger partial charge >= 0.3 is 0 Å². The Bertz CT molecular complexity index is 861. The number of carbonyl (C=O) groups is 1. The quantitative estimate of drug-likeness (QED) is 0.839. The second kappa shape index (κ2) is 4.81. The van der Waals surface area contributed by atoms with Gasteiger partial charge in [-0.1, -0.05) is 0 Å². The zero-order chi connectivity index (χ0) is 16.7. The molecule has 4 heterocycles. The minimum atomic E-state index is 0.426. The molecule has 6 heteroatoms. The van der Waals surface area contributed by atoms with Crippen LogP contribution in [0.25, 0.3) is 5.65 Å². The predicted molar refractivity (Wildman–Crippen MR) is 91.8 cm³/mol. The maximum Gasteiger partial charge on any atom is 0.157 e. The molecular formula is C19H22N4O2. The normalized spacial score (nSPS) is 36.3. The van der Waals surface area contributed by atoms with E-state index in [1.165, 1.54) is 12.8 Å². The van der Waals surface area contributed by atoms with Gasteiger partial charge in [0.25, 0.3) is 0 Å². The molecule has 2 aliphatic heterocycles. The van der Waals surface area contributed by atoms with Crippen LogP contribution >= 0.6 is 0 Å². The van der Waals surface area contributed by atoms with E-state index in [4.69, 9.17) is 14.8 Å². The summed E-state index contributed by atoms with van der Waals surface area (Å²) < 4.78 is 7.78. The summed E-state index contributed by atoms with van der Waals surface area (Å²) in [4.78, 5) is 18.8. The third kappa shape index (κ3) is 1.97. The molecule has 130 valence electrons. The SMILES string of the molecule is Cc1cc(N2C3CCC2COC3)n2nc(C3[C@H]4CC(=O)C[C@@H]34)cc2n1. The number of carbonyl (C=O) groups excluding carboxylic acids is 1. The van der Waals surface area contributed by atoms with E-state index >= 15 is 0 Å². The molecule has 4 fully saturated rings. The Morgan fingerprint density at radius 2 is 1.84 bits per heavy atom. The molecule has 5 atom stereocenters. The summed E-state index contributed by atoms with van der Waals surface area (Å²) in [6.45, 7) is 3.67. The zero-order valence-electron chi connectivity index (χ0n) is 14.4. The largest absolute Gasteiger partial charge is 0.377 e. The Morgan fingerprint density at radius 3 is 2.56 bits per heavy atom. The average Bonchev–Trinajstić information content (AvgIpc) is 2.89. The van der Waals surface area contributed by atoms with Crippen LogP contribution in [0.1, 0.15) is 43.0 Å². The van der Waals surface area contributed by atoms with Gasteiger partial charge in [0.1, 0.15) is 11.6 Å². The van der Waals surface area contributed by atoms with Gasteiger partial charge < -0.3 is 9.64 Å². The van der Waals surface area contributed by atoms with Crippen LogP contribution in [0.4, 0.5) is 5.82 Å². The number of rotatable bonds is 2. The highest BCUT2D eigenvalue weighted by Gasteiger charge is 2.57. The van der Waals surface area contributed by atoms with Crippen molar-refractivity contribution in [1.82, 2.24) is 14.6 Å². The van der Waals surface area contributed by atoms with Crippen LogP contribution < -0.4 is 4.90 Å². The van der Waals surface area contributed by atoms with Gasteiger partial charge in [-0.15, -0.1) is 0 Å². The van der Waals surface area contributed by atoms with Crippen molar-refractivity contribution in [3.8, 4) is 0 Å². The number of ketones is 1. The summed E-state index contributed by atoms with van der Waals surface area (Å²) in [7, 11) is 0. The van der Waals surface area contributed by atoms with Crippen molar-refractivity contribution in [3.63, 3.8) is 0 Å². The lowest BCUT2D eigenvalue weighted by molar-refractivity contribution is -0.118. The molecule has 0 radical (unpaired) electrons. The number of morpholine rings is 1. The minimum Gasteiger partial charge on any atom is -0.377 e. The van der Waals surface area contributed by atoms with Gasteiger partial charge in [-0.3, -0.25) is 4.79 Å². The van der Waals surface area contributed by atoms with E-state index in [-0.39, 0.29) is 0 Å². The summed E-state index contributed by atoms with van der Waals surface area (Å²) in [5, 5.41) is 4.96. The molecule has 25 heavy (non-hydrogen) atoms. The Kier molecular flexibility index (Phi) is 2.74. The Hall–Kier alpha value is -1.95. The molecule has 0 N–H and O–H groups in total. The maximum atomic E-state index is 11.6. The molecule has 2 aromatic rings. The van der Waals surface area contributed by atoms with Crippen LogP contribution in [0.5, 0.6) is 0 Å². The number of anilines is 1. The van der Waals surface area contributed by atoms with Gasteiger partial charge in [0.15, 0.2) is 5.65 Å². The topological polar surface area (TPSA) is 59.7 Å². The second-order valence-electron chi connectivity index (χ2n) is 8.23. The Balaban J connectivity index is 1.43. The summed E-state index contributed by atoms with van der Waals surface area (Å²) >= 11 is 0. The number of ether oxygens (including phenoxy) is 1. The Labute approximate surface area is 146 Å². The van der Waals surface area contributed by atoms with Crippen molar-refractivity contribution < 1.29 is 9.53 Å². The molecular weight excluding hydrogens is 316 g/mol. The van der Waals surface area contributed by atoms with Crippen molar-refractivity contribution in [2.75, 3.05) is 18.1 Å². The van der Waals surface area contributed by atoms with E-state index in [2.05, 4.69) is 24.0 Å². The number of fused-ring (bicyclic) bond motifs is 4. The van der Waals surface area contributed by atoms with Crippen molar-refractivity contribution in [1.29, 1.82) is 0 Å². The van der Waals surface area contributed by atoms with E-state index in [1.54, 1.807) is 0 Å². The van der Waals surface area contributed by atoms with Crippen molar-refractivity contribution >= 4 is 17.2 Å². The smallest absolute Gasteiger partial charge is 0.157 e. The molecule has 6 rings (SSSR count). The highest BCUT2D eigenvalue weighted by Crippen LogP contribution is 2.61. The molecule has 0 amide bonds. The van der Waals surface area contributed by atoms with Crippen molar-refractivity contribution in [3.05, 3.63) is 23.5 Å². The fraction of sp³-hybridized carbons (Fsp3) is 0.632. The number of hydrogen-bond donors (Lipinski definition) is 0. The molecule has 2 bridgehead atoms. The lowest BCUT2D eigenvalue weighted by Crippen LogP contribution is -2.46. The van der Waals surface area contributed by atoms with Crippen molar-refractivity contribution in [2.24, 2.45) is 11.8 Å². The number of Topliss-reactive ketones (excluding diaryl/α,β-unsaturated/α-hetero) is 1. The monoisotopic (exact) mass is 338 g/mol. The predicted octanol–water partition coefficient (Wildman–Crippen LogP) is 2.10. The van der Waals surface area contributed by atoms with Gasteiger partial charge in [0.2, 0.25) is 0 Å². The first-order valence-electron chi connectivity index (χ1n) is 9.44. The standard InChI is InChI=1S/C19H22N4O2/c1-10-4-18(22-11-2-3-12(22)9-25-8-11)23-17(20-10)7-16(21-23)19-14-5-13(24)6-15(14)19/h4,7,11-12,14-15,19H,2-3,5-6,8-9H2,1H3/t11?,12?,14-,15+,19?. The first-order chi connectivity index (χ1) is 12.2. The van der Waals surface area contributed by atoms with Crippen LogP contribution in [0, 0.1) is 18.8 Å². The molecule has 2 saturated carbocycles. The molecule has 0 aromatic carbocycles. The van der Waals surface area contributed by atoms with Gasteiger partial charge in [-0.2, -0.15) is 9.61 Å². The number of hydrogen-bond acceptors (Lipinski definition) is 5. The van der Waals surface area contributed by atoms with Gasteiger partial charge in [0, 0.05) is 36.6 Å². The minimum absolute atomic E-state index is 0.426. The molecule has 0 spiro atoms. The third-order valence-electron chi connectivity index (χ3n) is 6.66. The first-order valence-corrected chi connectivity index (χ1v) is 9.44. The summed E-state index contributed by atoms with van der Waals surface area (Å²) in [5.74, 6) is 3.11. The highest BCUT2D eigenvalue weighted by molar-refractivity contribution is 5.83. The number of nitrogens with zero attached hydrogens (tertiary/aromatic N) is 4. The summed E-state index contributed by atoms with van der Waals surface area (Å²) in [5.41, 5.74) is 3.10. The average molecular weight is 338 g/mol. The first kappa shape index (κ1) is 14.2. The molecule has 3 unspecified atom stereocenters. The lowest BCUT2D eigenvalue weighted by atomic mass is 10.1. The van der Waals surface area contributed by atoms with Gasteiger partial charge in [-0.25, -0.2) is 4.98 Å². The van der Waals surface area contributed by atoms with Crippen LogP contribution in [0.15, 0.2) is 12.1 Å². The lowest BCUT2D eigenvalue weighted by Gasteiger charge is -2.36. The summed E-state index contributed by atoms with van der Waals surface area (Å²) in [6.07, 6.45) is 3.87. The van der Waals surface area contributed by atoms with Crippen molar-refractivity contribution in [2.45, 2.75) is 50.6 Å². The molecule has 2 saturated heterocycles.